The van der Waals surface area contributed by atoms with Crippen LogP contribution in [0.25, 0.3) is 0 Å². The van der Waals surface area contributed by atoms with Crippen molar-refractivity contribution in [1.29, 1.82) is 0 Å². The second kappa shape index (κ2) is 5.46. The molecule has 1 aliphatic heterocycles. The smallest absolute Gasteiger partial charge is 0.172 e. The maximum Gasteiger partial charge on any atom is 0.172 e. The number of hydrogen-bond acceptors (Lipinski definition) is 4. The molecular formula is C12H16ClN3O2. The molecule has 18 heavy (non-hydrogen) atoms. The van der Waals surface area contributed by atoms with Crippen molar-refractivity contribution in [3.8, 4) is 0 Å². The fourth-order valence-electron chi connectivity index (χ4n) is 2.24. The lowest BCUT2D eigenvalue weighted by molar-refractivity contribution is 0.238. The Hall–Kier alpha value is -1.46. The van der Waals surface area contributed by atoms with E-state index in [0.29, 0.717) is 10.6 Å². The lowest BCUT2D eigenvalue weighted by atomic mass is 10.1. The molecule has 0 aromatic heterocycles. The van der Waals surface area contributed by atoms with Gasteiger partial charge in [0.25, 0.3) is 0 Å². The maximum atomic E-state index is 9.17. The summed E-state index contributed by atoms with van der Waals surface area (Å²) in [6.07, 6.45) is 0.929. The molecule has 0 radical (unpaired) electrons. The molecule has 1 unspecified atom stereocenters. The van der Waals surface area contributed by atoms with E-state index in [9.17, 15) is 0 Å². The van der Waals surface area contributed by atoms with Gasteiger partial charge in [0.05, 0.1) is 0 Å². The Labute approximate surface area is 110 Å². The van der Waals surface area contributed by atoms with E-state index in [0.717, 1.165) is 25.2 Å². The number of rotatable bonds is 3. The first-order valence-corrected chi connectivity index (χ1v) is 6.16. The summed E-state index contributed by atoms with van der Waals surface area (Å²) >= 11 is 5.99. The largest absolute Gasteiger partial charge is 0.409 e. The summed E-state index contributed by atoms with van der Waals surface area (Å²) < 4.78 is 0. The van der Waals surface area contributed by atoms with Crippen LogP contribution in [-0.4, -0.2) is 35.8 Å². The Kier molecular flexibility index (Phi) is 3.93. The molecule has 6 heteroatoms. The van der Waals surface area contributed by atoms with Gasteiger partial charge in [-0.25, -0.2) is 0 Å². The average Bonchev–Trinajstić information content (AvgIpc) is 2.86. The molecule has 98 valence electrons. The van der Waals surface area contributed by atoms with E-state index in [1.807, 2.05) is 0 Å². The molecule has 1 atom stereocenters. The van der Waals surface area contributed by atoms with Gasteiger partial charge in [-0.3, -0.25) is 0 Å². The summed E-state index contributed by atoms with van der Waals surface area (Å²) in [6.45, 7) is 1.76. The Morgan fingerprint density at radius 2 is 2.33 bits per heavy atom. The van der Waals surface area contributed by atoms with E-state index in [1.54, 1.807) is 18.2 Å². The minimum absolute atomic E-state index is 0.0640. The van der Waals surface area contributed by atoms with Crippen LogP contribution in [-0.2, 0) is 0 Å². The second-order valence-corrected chi connectivity index (χ2v) is 4.87. The number of oxime groups is 1. The monoisotopic (exact) mass is 269 g/mol. The zero-order chi connectivity index (χ0) is 13.1. The van der Waals surface area contributed by atoms with Gasteiger partial charge in [-0.2, -0.15) is 0 Å². The molecule has 5 nitrogen and oxygen atoms in total. The zero-order valence-electron chi connectivity index (χ0n) is 9.88. The Morgan fingerprint density at radius 1 is 1.56 bits per heavy atom. The predicted octanol–water partition coefficient (Wildman–Crippen LogP) is 1.25. The van der Waals surface area contributed by atoms with Crippen molar-refractivity contribution < 1.29 is 10.3 Å². The highest BCUT2D eigenvalue weighted by Gasteiger charge is 2.24. The van der Waals surface area contributed by atoms with E-state index >= 15 is 0 Å². The van der Waals surface area contributed by atoms with E-state index in [1.165, 1.54) is 0 Å². The number of aliphatic hydroxyl groups is 1. The summed E-state index contributed by atoms with van der Waals surface area (Å²) in [5, 5.41) is 21.6. The Balaban J connectivity index is 2.34. The maximum absolute atomic E-state index is 9.17. The quantitative estimate of drug-likeness (QED) is 0.334. The van der Waals surface area contributed by atoms with Crippen LogP contribution in [0.1, 0.15) is 12.0 Å². The van der Waals surface area contributed by atoms with Crippen molar-refractivity contribution in [3.63, 3.8) is 0 Å². The minimum atomic E-state index is 0.0640. The summed E-state index contributed by atoms with van der Waals surface area (Å²) in [5.74, 6) is 0.332. The molecule has 0 saturated carbocycles. The summed E-state index contributed by atoms with van der Waals surface area (Å²) in [5.41, 5.74) is 7.16. The van der Waals surface area contributed by atoms with E-state index < -0.39 is 0 Å². The van der Waals surface area contributed by atoms with Gasteiger partial charge in [-0.05, 0) is 24.6 Å². The van der Waals surface area contributed by atoms with Crippen LogP contribution in [0.5, 0.6) is 0 Å². The number of halogens is 1. The molecule has 1 aromatic carbocycles. The number of amidine groups is 1. The van der Waals surface area contributed by atoms with Crippen molar-refractivity contribution in [2.45, 2.75) is 6.42 Å². The van der Waals surface area contributed by atoms with Gasteiger partial charge in [-0.1, -0.05) is 16.8 Å². The van der Waals surface area contributed by atoms with E-state index in [4.69, 9.17) is 27.6 Å². The van der Waals surface area contributed by atoms with Gasteiger partial charge in [-0.15, -0.1) is 0 Å². The van der Waals surface area contributed by atoms with Gasteiger partial charge in [0, 0.05) is 41.9 Å². The number of aliphatic hydroxyl groups excluding tert-OH is 1. The molecule has 0 spiro atoms. The Bertz CT molecular complexity index is 465. The lowest BCUT2D eigenvalue weighted by Crippen LogP contribution is -2.25. The molecule has 2 rings (SSSR count). The van der Waals surface area contributed by atoms with Gasteiger partial charge in [0.15, 0.2) is 5.84 Å². The van der Waals surface area contributed by atoms with Crippen LogP contribution < -0.4 is 10.6 Å². The van der Waals surface area contributed by atoms with Crippen LogP contribution in [0, 0.1) is 5.92 Å². The molecular weight excluding hydrogens is 254 g/mol. The first-order valence-electron chi connectivity index (χ1n) is 5.79. The predicted molar refractivity (Wildman–Crippen MR) is 71.4 cm³/mol. The van der Waals surface area contributed by atoms with Crippen molar-refractivity contribution in [2.75, 3.05) is 24.6 Å². The van der Waals surface area contributed by atoms with Crippen LogP contribution in [0.15, 0.2) is 23.4 Å². The Morgan fingerprint density at radius 3 is 2.94 bits per heavy atom. The fraction of sp³-hybridized carbons (Fsp3) is 0.417. The van der Waals surface area contributed by atoms with Crippen LogP contribution in [0.2, 0.25) is 5.02 Å². The van der Waals surface area contributed by atoms with Crippen LogP contribution in [0.4, 0.5) is 5.69 Å². The summed E-state index contributed by atoms with van der Waals surface area (Å²) in [4.78, 5) is 2.10. The molecule has 1 aliphatic rings. The van der Waals surface area contributed by atoms with Crippen molar-refractivity contribution in [2.24, 2.45) is 16.8 Å². The molecule has 1 heterocycles. The topological polar surface area (TPSA) is 82.1 Å². The van der Waals surface area contributed by atoms with E-state index in [2.05, 4.69) is 10.1 Å². The highest BCUT2D eigenvalue weighted by molar-refractivity contribution is 6.31. The SMILES string of the molecule is N/C(=N/O)c1ccc(Cl)cc1N1CCC(CO)C1. The number of nitrogens with two attached hydrogens (primary N) is 1. The van der Waals surface area contributed by atoms with Gasteiger partial charge < -0.3 is 20.9 Å². The number of benzene rings is 1. The number of nitrogens with zero attached hydrogens (tertiary/aromatic N) is 2. The lowest BCUT2D eigenvalue weighted by Gasteiger charge is -2.21. The molecule has 0 bridgehead atoms. The van der Waals surface area contributed by atoms with Crippen molar-refractivity contribution in [3.05, 3.63) is 28.8 Å². The third kappa shape index (κ3) is 2.52. The number of anilines is 1. The van der Waals surface area contributed by atoms with Gasteiger partial charge in [0.2, 0.25) is 0 Å². The van der Waals surface area contributed by atoms with Crippen molar-refractivity contribution in [1.82, 2.24) is 0 Å². The first kappa shape index (κ1) is 13.0. The van der Waals surface area contributed by atoms with Gasteiger partial charge in [0.1, 0.15) is 0 Å². The number of hydrogen-bond donors (Lipinski definition) is 3. The third-order valence-corrected chi connectivity index (χ3v) is 3.46. The van der Waals surface area contributed by atoms with Crippen LogP contribution in [0.3, 0.4) is 0 Å². The molecule has 4 N–H and O–H groups in total. The van der Waals surface area contributed by atoms with E-state index in [-0.39, 0.29) is 18.4 Å². The third-order valence-electron chi connectivity index (χ3n) is 3.23. The summed E-state index contributed by atoms with van der Waals surface area (Å²) in [6, 6.07) is 5.24. The molecule has 0 aliphatic carbocycles. The van der Waals surface area contributed by atoms with Crippen molar-refractivity contribution >= 4 is 23.1 Å². The normalized spacial score (nSPS) is 20.4. The molecule has 1 saturated heterocycles. The average molecular weight is 270 g/mol. The molecule has 1 aromatic rings. The summed E-state index contributed by atoms with van der Waals surface area (Å²) in [7, 11) is 0. The fourth-order valence-corrected chi connectivity index (χ4v) is 2.40. The standard InChI is InChI=1S/C12H16ClN3O2/c13-9-1-2-10(12(14)15-18)11(5-9)16-4-3-8(6-16)7-17/h1-2,5,8,17-18H,3-4,6-7H2,(H2,14,15). The van der Waals surface area contributed by atoms with Gasteiger partial charge >= 0.3 is 0 Å². The molecule has 1 fully saturated rings. The second-order valence-electron chi connectivity index (χ2n) is 4.43. The highest BCUT2D eigenvalue weighted by atomic mass is 35.5. The molecule has 0 amide bonds. The first-order chi connectivity index (χ1) is 8.65. The van der Waals surface area contributed by atoms with Crippen LogP contribution >= 0.6 is 11.6 Å². The zero-order valence-corrected chi connectivity index (χ0v) is 10.6. The highest BCUT2D eigenvalue weighted by Crippen LogP contribution is 2.29. The minimum Gasteiger partial charge on any atom is -0.409 e.